The number of nitrogens with zero attached hydrogens (tertiary/aromatic N) is 2. The van der Waals surface area contributed by atoms with E-state index in [1.807, 2.05) is 32.0 Å². The lowest BCUT2D eigenvalue weighted by Crippen LogP contribution is -2.36. The van der Waals surface area contributed by atoms with Gasteiger partial charge in [0, 0.05) is 12.2 Å². The van der Waals surface area contributed by atoms with Crippen molar-refractivity contribution in [2.75, 3.05) is 17.2 Å². The van der Waals surface area contributed by atoms with Gasteiger partial charge in [0.25, 0.3) is 0 Å². The van der Waals surface area contributed by atoms with Gasteiger partial charge < -0.3 is 4.90 Å². The van der Waals surface area contributed by atoms with Crippen molar-refractivity contribution >= 4 is 33.0 Å². The predicted octanol–water partition coefficient (Wildman–Crippen LogP) is 3.68. The Labute approximate surface area is 158 Å². The maximum Gasteiger partial charge on any atom is 0.242 e. The summed E-state index contributed by atoms with van der Waals surface area (Å²) >= 11 is 5.96. The first-order valence-corrected chi connectivity index (χ1v) is 10.0. The van der Waals surface area contributed by atoms with Gasteiger partial charge in [-0.15, -0.1) is 0 Å². The van der Waals surface area contributed by atoms with Crippen molar-refractivity contribution in [2.45, 2.75) is 25.2 Å². The molecule has 2 aromatic carbocycles. The van der Waals surface area contributed by atoms with Gasteiger partial charge in [0.05, 0.1) is 22.4 Å². The number of amides is 1. The summed E-state index contributed by atoms with van der Waals surface area (Å²) in [5.41, 5.74) is 2.61. The van der Waals surface area contributed by atoms with Crippen LogP contribution in [0.15, 0.2) is 47.4 Å². The van der Waals surface area contributed by atoms with Gasteiger partial charge in [-0.2, -0.15) is 5.26 Å². The predicted molar refractivity (Wildman–Crippen MR) is 102 cm³/mol. The largest absolute Gasteiger partial charge is 0.310 e. The second kappa shape index (κ2) is 8.35. The van der Waals surface area contributed by atoms with Crippen molar-refractivity contribution in [2.24, 2.45) is 0 Å². The molecule has 0 radical (unpaired) electrons. The first kappa shape index (κ1) is 20.0. The van der Waals surface area contributed by atoms with E-state index in [2.05, 4.69) is 0 Å². The first-order valence-electron chi connectivity index (χ1n) is 7.98. The average Bonchev–Trinajstić information content (AvgIpc) is 2.58. The smallest absolute Gasteiger partial charge is 0.242 e. The number of anilines is 1. The number of carbonyl (C=O) groups is 1. The molecule has 0 aliphatic heterocycles. The summed E-state index contributed by atoms with van der Waals surface area (Å²) in [5, 5.41) is 8.94. The normalized spacial score (nSPS) is 11.0. The van der Waals surface area contributed by atoms with Gasteiger partial charge in [0.15, 0.2) is 9.84 Å². The molecule has 0 aromatic heterocycles. The molecular formula is C19H19ClN2O3S. The Morgan fingerprint density at radius 3 is 2.46 bits per heavy atom. The molecule has 0 N–H and O–H groups in total. The van der Waals surface area contributed by atoms with Crippen molar-refractivity contribution < 1.29 is 13.2 Å². The van der Waals surface area contributed by atoms with Crippen molar-refractivity contribution in [3.63, 3.8) is 0 Å². The summed E-state index contributed by atoms with van der Waals surface area (Å²) in [4.78, 5) is 14.0. The lowest BCUT2D eigenvalue weighted by molar-refractivity contribution is -0.116. The molecule has 26 heavy (non-hydrogen) atoms. The van der Waals surface area contributed by atoms with Gasteiger partial charge >= 0.3 is 0 Å². The molecule has 0 unspecified atom stereocenters. The standard InChI is InChI=1S/C19H19ClN2O3S/c1-14-8-9-16(12-15(14)2)22(11-5-10-21)19(23)13-26(24,25)18-7-4-3-6-17(18)20/h3-4,6-9,12H,5,11,13H2,1-2H3. The van der Waals surface area contributed by atoms with Gasteiger partial charge in [0.1, 0.15) is 5.75 Å². The van der Waals surface area contributed by atoms with E-state index >= 15 is 0 Å². The van der Waals surface area contributed by atoms with E-state index < -0.39 is 21.5 Å². The van der Waals surface area contributed by atoms with Crippen LogP contribution in [0.1, 0.15) is 17.5 Å². The van der Waals surface area contributed by atoms with E-state index in [-0.39, 0.29) is 22.9 Å². The topological polar surface area (TPSA) is 78.2 Å². The fourth-order valence-electron chi connectivity index (χ4n) is 2.47. The third-order valence-electron chi connectivity index (χ3n) is 4.04. The van der Waals surface area contributed by atoms with Crippen LogP contribution in [0.4, 0.5) is 5.69 Å². The minimum Gasteiger partial charge on any atom is -0.310 e. The lowest BCUT2D eigenvalue weighted by Gasteiger charge is -2.23. The van der Waals surface area contributed by atoms with E-state index in [0.717, 1.165) is 11.1 Å². The van der Waals surface area contributed by atoms with Crippen molar-refractivity contribution in [1.82, 2.24) is 0 Å². The van der Waals surface area contributed by atoms with Gasteiger partial charge in [-0.1, -0.05) is 29.8 Å². The van der Waals surface area contributed by atoms with Crippen LogP contribution in [0.5, 0.6) is 0 Å². The van der Waals surface area contributed by atoms with Crippen molar-refractivity contribution in [3.8, 4) is 6.07 Å². The molecule has 136 valence electrons. The highest BCUT2D eigenvalue weighted by Crippen LogP contribution is 2.24. The van der Waals surface area contributed by atoms with E-state index in [1.165, 1.54) is 17.0 Å². The number of hydrogen-bond donors (Lipinski definition) is 0. The van der Waals surface area contributed by atoms with Crippen molar-refractivity contribution in [3.05, 3.63) is 58.6 Å². The average molecular weight is 391 g/mol. The highest BCUT2D eigenvalue weighted by atomic mass is 35.5. The Kier molecular flexibility index (Phi) is 6.41. The molecule has 0 saturated carbocycles. The van der Waals surface area contributed by atoms with Crippen LogP contribution in [-0.4, -0.2) is 26.6 Å². The molecule has 5 nitrogen and oxygen atoms in total. The molecule has 0 atom stereocenters. The Balaban J connectivity index is 2.33. The fourth-order valence-corrected chi connectivity index (χ4v) is 4.24. The second-order valence-corrected chi connectivity index (χ2v) is 8.28. The zero-order chi connectivity index (χ0) is 19.3. The highest BCUT2D eigenvalue weighted by Gasteiger charge is 2.26. The quantitative estimate of drug-likeness (QED) is 0.753. The minimum atomic E-state index is -3.89. The Hall–Kier alpha value is -2.36. The summed E-state index contributed by atoms with van der Waals surface area (Å²) in [5.74, 6) is -1.31. The maximum atomic E-state index is 12.7. The SMILES string of the molecule is Cc1ccc(N(CCC#N)C(=O)CS(=O)(=O)c2ccccc2Cl)cc1C. The number of rotatable bonds is 6. The van der Waals surface area contributed by atoms with Crippen LogP contribution in [0.3, 0.4) is 0 Å². The summed E-state index contributed by atoms with van der Waals surface area (Å²) in [6, 6.07) is 13.4. The molecule has 0 aliphatic rings. The zero-order valence-electron chi connectivity index (χ0n) is 14.6. The molecule has 0 fully saturated rings. The van der Waals surface area contributed by atoms with E-state index in [0.29, 0.717) is 5.69 Å². The number of nitriles is 1. The highest BCUT2D eigenvalue weighted by molar-refractivity contribution is 7.92. The number of aryl methyl sites for hydroxylation is 2. The van der Waals surface area contributed by atoms with Gasteiger partial charge in [-0.25, -0.2) is 8.42 Å². The molecule has 1 amide bonds. The van der Waals surface area contributed by atoms with E-state index in [4.69, 9.17) is 16.9 Å². The summed E-state index contributed by atoms with van der Waals surface area (Å²) in [7, 11) is -3.89. The Morgan fingerprint density at radius 2 is 1.85 bits per heavy atom. The molecule has 0 spiro atoms. The second-order valence-electron chi connectivity index (χ2n) is 5.91. The van der Waals surface area contributed by atoms with Crippen molar-refractivity contribution in [1.29, 1.82) is 5.26 Å². The number of benzene rings is 2. The number of carbonyl (C=O) groups excluding carboxylic acids is 1. The van der Waals surface area contributed by atoms with Crippen LogP contribution >= 0.6 is 11.6 Å². The Morgan fingerprint density at radius 1 is 1.15 bits per heavy atom. The monoisotopic (exact) mass is 390 g/mol. The molecule has 2 aromatic rings. The molecular weight excluding hydrogens is 372 g/mol. The third-order valence-corrected chi connectivity index (χ3v) is 6.13. The number of halogens is 1. The molecule has 0 saturated heterocycles. The maximum absolute atomic E-state index is 12.7. The zero-order valence-corrected chi connectivity index (χ0v) is 16.1. The molecule has 2 rings (SSSR count). The molecule has 0 bridgehead atoms. The van der Waals surface area contributed by atoms with Gasteiger partial charge in [0.2, 0.25) is 5.91 Å². The van der Waals surface area contributed by atoms with Crippen LogP contribution in [0, 0.1) is 25.2 Å². The number of hydrogen-bond acceptors (Lipinski definition) is 4. The lowest BCUT2D eigenvalue weighted by atomic mass is 10.1. The Bertz CT molecular complexity index is 965. The van der Waals surface area contributed by atoms with Gasteiger partial charge in [-0.05, 0) is 49.2 Å². The summed E-state index contributed by atoms with van der Waals surface area (Å²) in [6.45, 7) is 3.98. The fraction of sp³-hybridized carbons (Fsp3) is 0.263. The molecule has 7 heteroatoms. The molecule has 0 heterocycles. The third kappa shape index (κ3) is 4.63. The van der Waals surface area contributed by atoms with Crippen LogP contribution < -0.4 is 4.90 Å². The van der Waals surface area contributed by atoms with Crippen LogP contribution in [0.25, 0.3) is 0 Å². The summed E-state index contributed by atoms with van der Waals surface area (Å²) in [6.07, 6.45) is 0.102. The van der Waals surface area contributed by atoms with E-state index in [9.17, 15) is 13.2 Å². The first-order chi connectivity index (χ1) is 12.3. The summed E-state index contributed by atoms with van der Waals surface area (Å²) < 4.78 is 25.2. The van der Waals surface area contributed by atoms with Crippen LogP contribution in [-0.2, 0) is 14.6 Å². The van der Waals surface area contributed by atoms with Gasteiger partial charge in [-0.3, -0.25) is 4.79 Å². The molecule has 0 aliphatic carbocycles. The number of sulfone groups is 1. The van der Waals surface area contributed by atoms with E-state index in [1.54, 1.807) is 18.2 Å². The van der Waals surface area contributed by atoms with Crippen LogP contribution in [0.2, 0.25) is 5.02 Å². The minimum absolute atomic E-state index is 0.0738.